The van der Waals surface area contributed by atoms with Crippen molar-refractivity contribution >= 4 is 43.6 Å². The average Bonchev–Trinajstić information content (AvgIpc) is 3.28. The summed E-state index contributed by atoms with van der Waals surface area (Å²) in [4.78, 5) is 31.3. The fraction of sp³-hybridized carbons (Fsp3) is 0.400. The Labute approximate surface area is 224 Å². The van der Waals surface area contributed by atoms with Gasteiger partial charge >= 0.3 is 6.09 Å². The third-order valence-electron chi connectivity index (χ3n) is 6.10. The topological polar surface area (TPSA) is 120 Å². The van der Waals surface area contributed by atoms with E-state index in [2.05, 4.69) is 4.99 Å². The van der Waals surface area contributed by atoms with Gasteiger partial charge in [-0.05, 0) is 43.3 Å². The molecule has 0 unspecified atom stereocenters. The van der Waals surface area contributed by atoms with E-state index in [1.807, 2.05) is 22.8 Å². The number of ether oxygens (including phenoxy) is 3. The van der Waals surface area contributed by atoms with Gasteiger partial charge in [0, 0.05) is 45.4 Å². The summed E-state index contributed by atoms with van der Waals surface area (Å²) in [6.07, 6.45) is -0.447. The molecule has 0 spiro atoms. The second-order valence-electron chi connectivity index (χ2n) is 8.37. The van der Waals surface area contributed by atoms with Crippen LogP contribution in [0.15, 0.2) is 52.4 Å². The zero-order chi connectivity index (χ0) is 27.3. The zero-order valence-corrected chi connectivity index (χ0v) is 23.1. The van der Waals surface area contributed by atoms with Crippen molar-refractivity contribution in [2.24, 2.45) is 4.99 Å². The van der Waals surface area contributed by atoms with E-state index in [1.54, 1.807) is 21.1 Å². The summed E-state index contributed by atoms with van der Waals surface area (Å²) in [5.41, 5.74) is 1.09. The number of carbonyl (C=O) groups excluding carboxylic acids is 2. The maximum atomic E-state index is 13.1. The number of fused-ring (bicyclic) bond motifs is 1. The molecule has 0 saturated carbocycles. The standard InChI is InChI=1S/C25H30N4O7S2/c1-4-36-25(31)27-12-14-28(15-13-27)38(32,33)19-10-8-18(9-11-19)23(30)26-24-29(16-17-34-2)22-20(35-3)6-5-7-21(22)37-24/h5-11H,4,12-17H2,1-3H3. The van der Waals surface area contributed by atoms with Crippen LogP contribution >= 0.6 is 11.3 Å². The summed E-state index contributed by atoms with van der Waals surface area (Å²) < 4.78 is 46.1. The fourth-order valence-corrected chi connectivity index (χ4v) is 6.63. The van der Waals surface area contributed by atoms with Gasteiger partial charge in [-0.1, -0.05) is 17.4 Å². The van der Waals surface area contributed by atoms with Crippen LogP contribution in [0, 0.1) is 0 Å². The van der Waals surface area contributed by atoms with E-state index >= 15 is 0 Å². The van der Waals surface area contributed by atoms with Gasteiger partial charge in [0.1, 0.15) is 11.3 Å². The molecule has 204 valence electrons. The van der Waals surface area contributed by atoms with Gasteiger partial charge in [-0.25, -0.2) is 13.2 Å². The largest absolute Gasteiger partial charge is 0.495 e. The molecule has 0 aliphatic carbocycles. The molecule has 2 aromatic carbocycles. The molecule has 1 aromatic heterocycles. The zero-order valence-electron chi connectivity index (χ0n) is 21.5. The smallest absolute Gasteiger partial charge is 0.409 e. The number of hydrogen-bond acceptors (Lipinski definition) is 8. The highest BCUT2D eigenvalue weighted by atomic mass is 32.2. The van der Waals surface area contributed by atoms with Gasteiger partial charge in [0.15, 0.2) is 4.80 Å². The van der Waals surface area contributed by atoms with E-state index < -0.39 is 22.0 Å². The average molecular weight is 563 g/mol. The summed E-state index contributed by atoms with van der Waals surface area (Å²) >= 11 is 1.36. The van der Waals surface area contributed by atoms with Crippen LogP contribution in [0.5, 0.6) is 5.75 Å². The molecule has 1 saturated heterocycles. The van der Waals surface area contributed by atoms with Crippen LogP contribution in [0.1, 0.15) is 17.3 Å². The van der Waals surface area contributed by atoms with E-state index in [-0.39, 0.29) is 43.2 Å². The predicted octanol–water partition coefficient (Wildman–Crippen LogP) is 2.56. The molecule has 4 rings (SSSR count). The molecule has 2 amide bonds. The molecular weight excluding hydrogens is 532 g/mol. The van der Waals surface area contributed by atoms with Crippen molar-refractivity contribution in [2.75, 3.05) is 53.6 Å². The van der Waals surface area contributed by atoms with Gasteiger partial charge in [0.05, 0.1) is 29.9 Å². The molecule has 2 heterocycles. The number of methoxy groups -OCH3 is 2. The van der Waals surface area contributed by atoms with Gasteiger partial charge in [-0.2, -0.15) is 9.30 Å². The first-order chi connectivity index (χ1) is 18.3. The molecule has 13 heteroatoms. The number of rotatable bonds is 8. The van der Waals surface area contributed by atoms with Crippen LogP contribution in [0.25, 0.3) is 10.2 Å². The van der Waals surface area contributed by atoms with Crippen molar-refractivity contribution < 1.29 is 32.2 Å². The number of thiazole rings is 1. The number of benzene rings is 2. The minimum absolute atomic E-state index is 0.0698. The lowest BCUT2D eigenvalue weighted by Gasteiger charge is -2.33. The van der Waals surface area contributed by atoms with E-state index in [0.717, 1.165) is 10.2 Å². The van der Waals surface area contributed by atoms with Crippen molar-refractivity contribution in [1.82, 2.24) is 13.8 Å². The first-order valence-corrected chi connectivity index (χ1v) is 14.3. The van der Waals surface area contributed by atoms with E-state index in [4.69, 9.17) is 14.2 Å². The molecule has 0 radical (unpaired) electrons. The van der Waals surface area contributed by atoms with Gasteiger partial charge in [-0.15, -0.1) is 0 Å². The number of hydrogen-bond donors (Lipinski definition) is 0. The Balaban J connectivity index is 1.55. The molecule has 38 heavy (non-hydrogen) atoms. The molecule has 3 aromatic rings. The lowest BCUT2D eigenvalue weighted by molar-refractivity contribution is 0.0933. The van der Waals surface area contributed by atoms with Crippen LogP contribution in [0.3, 0.4) is 0 Å². The van der Waals surface area contributed by atoms with Crippen LogP contribution in [-0.4, -0.2) is 87.8 Å². The van der Waals surface area contributed by atoms with Crippen LogP contribution < -0.4 is 9.54 Å². The summed E-state index contributed by atoms with van der Waals surface area (Å²) in [7, 11) is -0.594. The van der Waals surface area contributed by atoms with Crippen molar-refractivity contribution in [2.45, 2.75) is 18.4 Å². The molecule has 0 N–H and O–H groups in total. The highest BCUT2D eigenvalue weighted by Gasteiger charge is 2.30. The number of para-hydroxylation sites is 1. The molecule has 1 aliphatic rings. The van der Waals surface area contributed by atoms with E-state index in [0.29, 0.717) is 23.7 Å². The normalized spacial score (nSPS) is 15.1. The Kier molecular flexibility index (Phi) is 8.82. The summed E-state index contributed by atoms with van der Waals surface area (Å²) in [6, 6.07) is 11.4. The van der Waals surface area contributed by atoms with E-state index in [1.165, 1.54) is 44.8 Å². The monoisotopic (exact) mass is 562 g/mol. The third kappa shape index (κ3) is 5.75. The maximum absolute atomic E-state index is 13.1. The summed E-state index contributed by atoms with van der Waals surface area (Å²) in [5.74, 6) is 0.176. The minimum atomic E-state index is -3.78. The second kappa shape index (κ2) is 12.1. The Morgan fingerprint density at radius 3 is 2.37 bits per heavy atom. The first-order valence-electron chi connectivity index (χ1n) is 12.1. The maximum Gasteiger partial charge on any atom is 0.409 e. The Morgan fingerprint density at radius 1 is 1.03 bits per heavy atom. The number of sulfonamides is 1. The fourth-order valence-electron chi connectivity index (χ4n) is 4.13. The summed E-state index contributed by atoms with van der Waals surface area (Å²) in [5, 5.41) is 0. The van der Waals surface area contributed by atoms with Crippen LogP contribution in [-0.2, 0) is 26.0 Å². The second-order valence-corrected chi connectivity index (χ2v) is 11.3. The van der Waals surface area contributed by atoms with Crippen LogP contribution in [0.4, 0.5) is 4.79 Å². The Morgan fingerprint density at radius 2 is 1.74 bits per heavy atom. The van der Waals surface area contributed by atoms with Gasteiger partial charge in [0.2, 0.25) is 10.0 Å². The molecule has 1 aliphatic heterocycles. The highest BCUT2D eigenvalue weighted by Crippen LogP contribution is 2.27. The third-order valence-corrected chi connectivity index (χ3v) is 9.06. The Hall–Kier alpha value is -3.26. The number of nitrogens with zero attached hydrogens (tertiary/aromatic N) is 4. The van der Waals surface area contributed by atoms with Crippen molar-refractivity contribution in [3.8, 4) is 5.75 Å². The number of piperazine rings is 1. The number of carbonyl (C=O) groups is 2. The van der Waals surface area contributed by atoms with Gasteiger partial charge in [0.25, 0.3) is 5.91 Å². The van der Waals surface area contributed by atoms with E-state index in [9.17, 15) is 18.0 Å². The lowest BCUT2D eigenvalue weighted by atomic mass is 10.2. The minimum Gasteiger partial charge on any atom is -0.495 e. The lowest BCUT2D eigenvalue weighted by Crippen LogP contribution is -2.50. The van der Waals surface area contributed by atoms with Gasteiger partial charge in [-0.3, -0.25) is 4.79 Å². The highest BCUT2D eigenvalue weighted by molar-refractivity contribution is 7.89. The number of amides is 2. The molecule has 1 fully saturated rings. The quantitative estimate of drug-likeness (QED) is 0.414. The van der Waals surface area contributed by atoms with Crippen molar-refractivity contribution in [3.05, 3.63) is 52.8 Å². The molecule has 0 atom stereocenters. The van der Waals surface area contributed by atoms with Crippen molar-refractivity contribution in [1.29, 1.82) is 0 Å². The predicted molar refractivity (Wildman–Crippen MR) is 142 cm³/mol. The number of aromatic nitrogens is 1. The molecular formula is C25H30N4O7S2. The van der Waals surface area contributed by atoms with Gasteiger partial charge < -0.3 is 23.7 Å². The van der Waals surface area contributed by atoms with Crippen molar-refractivity contribution in [3.63, 3.8) is 0 Å². The Bertz CT molecular complexity index is 1470. The van der Waals surface area contributed by atoms with Crippen LogP contribution in [0.2, 0.25) is 0 Å². The first kappa shape index (κ1) is 27.8. The summed E-state index contributed by atoms with van der Waals surface area (Å²) in [6.45, 7) is 3.70. The molecule has 11 nitrogen and oxygen atoms in total. The molecule has 0 bridgehead atoms. The SMILES string of the molecule is CCOC(=O)N1CCN(S(=O)(=O)c2ccc(C(=O)N=c3sc4cccc(OC)c4n3CCOC)cc2)CC1.